The molecule has 2 saturated carbocycles. The molecule has 2 heterocycles. The molecule has 0 aliphatic heterocycles. The van der Waals surface area contributed by atoms with Gasteiger partial charge in [-0.25, -0.2) is 0 Å². The minimum Gasteiger partial charge on any atom is -0.360 e. The first-order valence-electron chi connectivity index (χ1n) is 12.8. The SMILES string of the molecule is Cc1cc(NC(=O)CCC(=O)N(Cc2cccs2)C2(C(=O)NC3CCCC3)CCCCCC2)no1. The second kappa shape index (κ2) is 11.8. The molecule has 0 saturated heterocycles. The zero-order chi connectivity index (χ0) is 24.7. The largest absolute Gasteiger partial charge is 0.360 e. The van der Waals surface area contributed by atoms with Gasteiger partial charge in [-0.05, 0) is 44.1 Å². The van der Waals surface area contributed by atoms with Gasteiger partial charge in [0.1, 0.15) is 11.3 Å². The number of hydrogen-bond acceptors (Lipinski definition) is 6. The van der Waals surface area contributed by atoms with E-state index in [1.54, 1.807) is 29.2 Å². The molecule has 0 bridgehead atoms. The quantitative estimate of drug-likeness (QED) is 0.475. The number of nitrogens with zero attached hydrogens (tertiary/aromatic N) is 2. The highest BCUT2D eigenvalue weighted by Crippen LogP contribution is 2.36. The molecule has 9 heteroatoms. The van der Waals surface area contributed by atoms with Crippen molar-refractivity contribution in [3.05, 3.63) is 34.2 Å². The lowest BCUT2D eigenvalue weighted by Crippen LogP contribution is -2.61. The number of aryl methyl sites for hydroxylation is 1. The molecular formula is C26H36N4O4S. The van der Waals surface area contributed by atoms with Crippen LogP contribution < -0.4 is 10.6 Å². The van der Waals surface area contributed by atoms with E-state index in [9.17, 15) is 14.4 Å². The zero-order valence-electron chi connectivity index (χ0n) is 20.5. The highest BCUT2D eigenvalue weighted by molar-refractivity contribution is 7.09. The molecule has 190 valence electrons. The predicted octanol–water partition coefficient (Wildman–Crippen LogP) is 4.94. The van der Waals surface area contributed by atoms with E-state index in [-0.39, 0.29) is 36.6 Å². The van der Waals surface area contributed by atoms with E-state index in [1.807, 2.05) is 17.5 Å². The van der Waals surface area contributed by atoms with Gasteiger partial charge >= 0.3 is 0 Å². The first kappa shape index (κ1) is 25.4. The maximum atomic E-state index is 13.9. The highest BCUT2D eigenvalue weighted by Gasteiger charge is 2.46. The lowest BCUT2D eigenvalue weighted by molar-refractivity contribution is -0.151. The number of aromatic nitrogens is 1. The molecule has 0 spiro atoms. The minimum atomic E-state index is -0.875. The summed E-state index contributed by atoms with van der Waals surface area (Å²) in [6, 6.07) is 5.80. The fraction of sp³-hybridized carbons (Fsp3) is 0.615. The molecule has 2 aromatic rings. The van der Waals surface area contributed by atoms with Crippen LogP contribution >= 0.6 is 11.3 Å². The van der Waals surface area contributed by atoms with Crippen molar-refractivity contribution in [2.24, 2.45) is 0 Å². The molecule has 4 rings (SSSR count). The minimum absolute atomic E-state index is 0.0151. The van der Waals surface area contributed by atoms with Gasteiger partial charge in [0.25, 0.3) is 0 Å². The van der Waals surface area contributed by atoms with Crippen molar-refractivity contribution in [2.45, 2.75) is 102 Å². The summed E-state index contributed by atoms with van der Waals surface area (Å²) in [6.45, 7) is 2.14. The van der Waals surface area contributed by atoms with Gasteiger partial charge in [0.2, 0.25) is 17.7 Å². The fourth-order valence-electron chi connectivity index (χ4n) is 5.35. The van der Waals surface area contributed by atoms with Crippen molar-refractivity contribution >= 4 is 34.9 Å². The molecule has 3 amide bonds. The van der Waals surface area contributed by atoms with Crippen LogP contribution in [0.3, 0.4) is 0 Å². The van der Waals surface area contributed by atoms with Crippen LogP contribution in [0, 0.1) is 6.92 Å². The highest BCUT2D eigenvalue weighted by atomic mass is 32.1. The standard InChI is InChI=1S/C26H36N4O4S/c1-19-17-22(29-34-19)28-23(31)12-13-24(32)30(18-21-11-8-16-35-21)26(14-6-2-3-7-15-26)25(33)27-20-9-4-5-10-20/h8,11,16-17,20H,2-7,9-10,12-15,18H2,1H3,(H,27,33)(H,28,29,31). The summed E-state index contributed by atoms with van der Waals surface area (Å²) < 4.78 is 4.99. The monoisotopic (exact) mass is 500 g/mol. The number of thiophene rings is 1. The Morgan fingerprint density at radius 1 is 1.11 bits per heavy atom. The topological polar surface area (TPSA) is 105 Å². The van der Waals surface area contributed by atoms with Gasteiger partial charge in [-0.15, -0.1) is 11.3 Å². The molecule has 8 nitrogen and oxygen atoms in total. The van der Waals surface area contributed by atoms with Crippen LogP contribution in [-0.4, -0.2) is 39.4 Å². The van der Waals surface area contributed by atoms with E-state index >= 15 is 0 Å². The lowest BCUT2D eigenvalue weighted by Gasteiger charge is -2.43. The van der Waals surface area contributed by atoms with Gasteiger partial charge in [0.05, 0.1) is 6.54 Å². The number of amides is 3. The average Bonchev–Trinajstić information content (AvgIpc) is 3.58. The van der Waals surface area contributed by atoms with Crippen molar-refractivity contribution in [3.8, 4) is 0 Å². The zero-order valence-corrected chi connectivity index (χ0v) is 21.3. The molecule has 35 heavy (non-hydrogen) atoms. The van der Waals surface area contributed by atoms with Gasteiger partial charge < -0.3 is 20.1 Å². The van der Waals surface area contributed by atoms with Crippen molar-refractivity contribution in [3.63, 3.8) is 0 Å². The number of hydrogen-bond donors (Lipinski definition) is 2. The third-order valence-electron chi connectivity index (χ3n) is 7.22. The molecule has 2 N–H and O–H groups in total. The maximum absolute atomic E-state index is 13.9. The van der Waals surface area contributed by atoms with Crippen molar-refractivity contribution in [1.82, 2.24) is 15.4 Å². The molecule has 0 atom stereocenters. The molecule has 0 radical (unpaired) electrons. The van der Waals surface area contributed by atoms with E-state index in [0.717, 1.165) is 56.2 Å². The second-order valence-electron chi connectivity index (χ2n) is 9.83. The molecule has 0 aromatic carbocycles. The summed E-state index contributed by atoms with van der Waals surface area (Å²) in [5.74, 6) is 0.466. The molecule has 2 fully saturated rings. The smallest absolute Gasteiger partial charge is 0.246 e. The Morgan fingerprint density at radius 3 is 2.49 bits per heavy atom. The van der Waals surface area contributed by atoms with Crippen LogP contribution in [-0.2, 0) is 20.9 Å². The van der Waals surface area contributed by atoms with E-state index < -0.39 is 5.54 Å². The Bertz CT molecular complexity index is 989. The van der Waals surface area contributed by atoms with E-state index in [4.69, 9.17) is 4.52 Å². The van der Waals surface area contributed by atoms with Crippen LogP contribution in [0.15, 0.2) is 28.1 Å². The Labute approximate surface area is 210 Å². The lowest BCUT2D eigenvalue weighted by atomic mass is 9.85. The third kappa shape index (κ3) is 6.51. The third-order valence-corrected chi connectivity index (χ3v) is 8.08. The number of carbonyl (C=O) groups is 3. The molecular weight excluding hydrogens is 464 g/mol. The van der Waals surface area contributed by atoms with Crippen molar-refractivity contribution < 1.29 is 18.9 Å². The summed E-state index contributed by atoms with van der Waals surface area (Å²) in [6.07, 6.45) is 9.62. The van der Waals surface area contributed by atoms with Gasteiger partial charge in [-0.1, -0.05) is 49.7 Å². The maximum Gasteiger partial charge on any atom is 0.246 e. The van der Waals surface area contributed by atoms with Gasteiger partial charge in [0, 0.05) is 29.8 Å². The van der Waals surface area contributed by atoms with Crippen LogP contribution in [0.2, 0.25) is 0 Å². The Kier molecular flexibility index (Phi) is 8.59. The van der Waals surface area contributed by atoms with Crippen LogP contribution in [0.5, 0.6) is 0 Å². The Hall–Kier alpha value is -2.68. The van der Waals surface area contributed by atoms with Crippen molar-refractivity contribution in [2.75, 3.05) is 5.32 Å². The second-order valence-corrected chi connectivity index (χ2v) is 10.9. The van der Waals surface area contributed by atoms with Gasteiger partial charge in [-0.2, -0.15) is 0 Å². The first-order chi connectivity index (χ1) is 17.0. The van der Waals surface area contributed by atoms with Gasteiger partial charge in [-0.3, -0.25) is 14.4 Å². The van der Waals surface area contributed by atoms with Gasteiger partial charge in [0.15, 0.2) is 5.82 Å². The Balaban J connectivity index is 1.53. The van der Waals surface area contributed by atoms with Crippen LogP contribution in [0.25, 0.3) is 0 Å². The number of rotatable bonds is 9. The number of carbonyl (C=O) groups excluding carboxylic acids is 3. The van der Waals surface area contributed by atoms with E-state index in [0.29, 0.717) is 31.0 Å². The molecule has 2 aromatic heterocycles. The summed E-state index contributed by atoms with van der Waals surface area (Å²) in [5.41, 5.74) is -0.875. The predicted molar refractivity (Wildman–Crippen MR) is 135 cm³/mol. The Morgan fingerprint density at radius 2 is 1.86 bits per heavy atom. The van der Waals surface area contributed by atoms with Crippen LogP contribution in [0.1, 0.15) is 87.7 Å². The van der Waals surface area contributed by atoms with E-state index in [1.165, 1.54) is 0 Å². The normalized spacial score (nSPS) is 18.1. The van der Waals surface area contributed by atoms with E-state index in [2.05, 4.69) is 15.8 Å². The number of anilines is 1. The average molecular weight is 501 g/mol. The van der Waals surface area contributed by atoms with Crippen molar-refractivity contribution in [1.29, 1.82) is 0 Å². The summed E-state index contributed by atoms with van der Waals surface area (Å²) >= 11 is 1.59. The fourth-order valence-corrected chi connectivity index (χ4v) is 6.04. The summed E-state index contributed by atoms with van der Waals surface area (Å²) in [7, 11) is 0. The summed E-state index contributed by atoms with van der Waals surface area (Å²) in [4.78, 5) is 42.9. The van der Waals surface area contributed by atoms with Crippen LogP contribution in [0.4, 0.5) is 5.82 Å². The molecule has 2 aliphatic rings. The number of nitrogens with one attached hydrogen (secondary N) is 2. The summed E-state index contributed by atoms with van der Waals surface area (Å²) in [5, 5.41) is 11.8. The first-order valence-corrected chi connectivity index (χ1v) is 13.7. The molecule has 0 unspecified atom stereocenters. The molecule has 2 aliphatic carbocycles.